The van der Waals surface area contributed by atoms with E-state index in [1.54, 1.807) is 30.3 Å². The van der Waals surface area contributed by atoms with Gasteiger partial charge < -0.3 is 9.15 Å². The Hall–Kier alpha value is -2.82. The zero-order valence-corrected chi connectivity index (χ0v) is 15.9. The fraction of sp³-hybridized carbons (Fsp3) is 0.158. The minimum absolute atomic E-state index is 0.0330. The summed E-state index contributed by atoms with van der Waals surface area (Å²) in [7, 11) is -4.04. The van der Waals surface area contributed by atoms with Gasteiger partial charge in [-0.2, -0.15) is 10.2 Å². The van der Waals surface area contributed by atoms with Crippen molar-refractivity contribution in [1.82, 2.24) is 4.98 Å². The SMILES string of the molecule is CCCOc1ccc(-c2nc(C#N)c(S(=O)(=O)c3ccc(Cl)cc3)o2)cc1. The summed E-state index contributed by atoms with van der Waals surface area (Å²) >= 11 is 5.80. The van der Waals surface area contributed by atoms with Crippen LogP contribution in [0.4, 0.5) is 0 Å². The Morgan fingerprint density at radius 3 is 2.41 bits per heavy atom. The number of hydrogen-bond donors (Lipinski definition) is 0. The molecular formula is C19H15ClN2O4S. The lowest BCUT2D eigenvalue weighted by Crippen LogP contribution is -2.02. The Morgan fingerprint density at radius 1 is 1.15 bits per heavy atom. The first-order valence-corrected chi connectivity index (χ1v) is 9.96. The van der Waals surface area contributed by atoms with Gasteiger partial charge in [-0.05, 0) is 55.0 Å². The number of benzene rings is 2. The first kappa shape index (κ1) is 19.0. The number of sulfone groups is 1. The molecule has 0 aliphatic heterocycles. The fourth-order valence-electron chi connectivity index (χ4n) is 2.32. The first-order valence-electron chi connectivity index (χ1n) is 8.10. The number of oxazole rings is 1. The topological polar surface area (TPSA) is 93.2 Å². The van der Waals surface area contributed by atoms with Gasteiger partial charge in [0.15, 0.2) is 5.69 Å². The highest BCUT2D eigenvalue weighted by Crippen LogP contribution is 2.30. The van der Waals surface area contributed by atoms with Crippen molar-refractivity contribution in [3.05, 3.63) is 59.2 Å². The van der Waals surface area contributed by atoms with Crippen molar-refractivity contribution in [2.45, 2.75) is 23.3 Å². The highest BCUT2D eigenvalue weighted by Gasteiger charge is 2.28. The summed E-state index contributed by atoms with van der Waals surface area (Å²) in [6.07, 6.45) is 0.888. The highest BCUT2D eigenvalue weighted by molar-refractivity contribution is 7.91. The quantitative estimate of drug-likeness (QED) is 0.603. The Balaban J connectivity index is 1.98. The van der Waals surface area contributed by atoms with Gasteiger partial charge in [0.05, 0.1) is 11.5 Å². The van der Waals surface area contributed by atoms with Crippen LogP contribution in [-0.2, 0) is 9.84 Å². The molecule has 0 saturated heterocycles. The molecule has 27 heavy (non-hydrogen) atoms. The second-order valence-corrected chi connectivity index (χ2v) is 7.88. The average Bonchev–Trinajstić information content (AvgIpc) is 3.12. The Morgan fingerprint density at radius 2 is 1.81 bits per heavy atom. The molecule has 0 spiro atoms. The second kappa shape index (κ2) is 7.82. The van der Waals surface area contributed by atoms with E-state index >= 15 is 0 Å². The number of aromatic nitrogens is 1. The van der Waals surface area contributed by atoms with E-state index < -0.39 is 14.9 Å². The van der Waals surface area contributed by atoms with Crippen LogP contribution in [-0.4, -0.2) is 20.0 Å². The van der Waals surface area contributed by atoms with Gasteiger partial charge in [-0.3, -0.25) is 0 Å². The molecule has 0 radical (unpaired) electrons. The lowest BCUT2D eigenvalue weighted by molar-refractivity contribution is 0.317. The van der Waals surface area contributed by atoms with Gasteiger partial charge in [0.2, 0.25) is 15.7 Å². The van der Waals surface area contributed by atoms with E-state index in [0.29, 0.717) is 22.9 Å². The molecule has 0 bridgehead atoms. The summed E-state index contributed by atoms with van der Waals surface area (Å²) in [5.41, 5.74) is 0.235. The summed E-state index contributed by atoms with van der Waals surface area (Å²) in [4.78, 5) is 3.99. The summed E-state index contributed by atoms with van der Waals surface area (Å²) in [6, 6.07) is 14.2. The fourth-order valence-corrected chi connectivity index (χ4v) is 3.69. The molecule has 6 nitrogen and oxygen atoms in total. The molecule has 0 aliphatic rings. The van der Waals surface area contributed by atoms with Crippen molar-refractivity contribution in [2.24, 2.45) is 0 Å². The van der Waals surface area contributed by atoms with Crippen LogP contribution in [0.3, 0.4) is 0 Å². The molecule has 0 N–H and O–H groups in total. The maximum absolute atomic E-state index is 12.8. The predicted molar refractivity (Wildman–Crippen MR) is 99.3 cm³/mol. The van der Waals surface area contributed by atoms with Crippen molar-refractivity contribution in [2.75, 3.05) is 6.61 Å². The molecule has 138 valence electrons. The number of hydrogen-bond acceptors (Lipinski definition) is 6. The van der Waals surface area contributed by atoms with E-state index in [4.69, 9.17) is 20.8 Å². The van der Waals surface area contributed by atoms with Crippen LogP contribution >= 0.6 is 11.6 Å². The van der Waals surface area contributed by atoms with E-state index in [-0.39, 0.29) is 16.5 Å². The molecule has 2 aromatic carbocycles. The molecule has 0 aliphatic carbocycles. The zero-order chi connectivity index (χ0) is 19.4. The van der Waals surface area contributed by atoms with E-state index in [1.165, 1.54) is 24.3 Å². The summed E-state index contributed by atoms with van der Waals surface area (Å²) in [5.74, 6) is 0.725. The monoisotopic (exact) mass is 402 g/mol. The molecule has 8 heteroatoms. The Kier molecular flexibility index (Phi) is 5.49. The Labute approximate surface area is 161 Å². The summed E-state index contributed by atoms with van der Waals surface area (Å²) in [5, 5.41) is 9.21. The van der Waals surface area contributed by atoms with E-state index in [2.05, 4.69) is 4.98 Å². The summed E-state index contributed by atoms with van der Waals surface area (Å²) in [6.45, 7) is 2.60. The van der Waals surface area contributed by atoms with Gasteiger partial charge in [0.25, 0.3) is 5.09 Å². The van der Waals surface area contributed by atoms with Crippen LogP contribution in [0, 0.1) is 11.3 Å². The van der Waals surface area contributed by atoms with Crippen molar-refractivity contribution < 1.29 is 17.6 Å². The first-order chi connectivity index (χ1) is 13.0. The molecule has 3 rings (SSSR count). The summed E-state index contributed by atoms with van der Waals surface area (Å²) < 4.78 is 36.6. The Bertz CT molecular complexity index is 1080. The molecule has 0 atom stereocenters. The third-order valence-corrected chi connectivity index (χ3v) is 5.55. The maximum Gasteiger partial charge on any atom is 0.261 e. The van der Waals surface area contributed by atoms with Crippen molar-refractivity contribution in [3.63, 3.8) is 0 Å². The van der Waals surface area contributed by atoms with Crippen LogP contribution in [0.5, 0.6) is 5.75 Å². The lowest BCUT2D eigenvalue weighted by Gasteiger charge is -2.04. The highest BCUT2D eigenvalue weighted by atomic mass is 35.5. The lowest BCUT2D eigenvalue weighted by atomic mass is 10.2. The van der Waals surface area contributed by atoms with Gasteiger partial charge in [0.1, 0.15) is 11.8 Å². The third kappa shape index (κ3) is 3.97. The normalized spacial score (nSPS) is 11.1. The third-order valence-electron chi connectivity index (χ3n) is 3.64. The molecule has 0 amide bonds. The number of halogens is 1. The van der Waals surface area contributed by atoms with Crippen LogP contribution in [0.15, 0.2) is 62.9 Å². The molecule has 1 aromatic heterocycles. The van der Waals surface area contributed by atoms with Crippen molar-refractivity contribution in [1.29, 1.82) is 5.26 Å². The zero-order valence-electron chi connectivity index (χ0n) is 14.3. The molecular weight excluding hydrogens is 388 g/mol. The van der Waals surface area contributed by atoms with Crippen LogP contribution in [0.1, 0.15) is 19.0 Å². The van der Waals surface area contributed by atoms with Gasteiger partial charge in [0, 0.05) is 10.6 Å². The smallest absolute Gasteiger partial charge is 0.261 e. The van der Waals surface area contributed by atoms with Gasteiger partial charge in [-0.25, -0.2) is 8.42 Å². The van der Waals surface area contributed by atoms with Gasteiger partial charge in [-0.1, -0.05) is 18.5 Å². The van der Waals surface area contributed by atoms with E-state index in [0.717, 1.165) is 6.42 Å². The van der Waals surface area contributed by atoms with Crippen LogP contribution in [0.2, 0.25) is 5.02 Å². The minimum Gasteiger partial charge on any atom is -0.494 e. The number of ether oxygens (including phenoxy) is 1. The molecule has 3 aromatic rings. The van der Waals surface area contributed by atoms with E-state index in [9.17, 15) is 13.7 Å². The molecule has 0 saturated carbocycles. The van der Waals surface area contributed by atoms with Gasteiger partial charge in [-0.15, -0.1) is 0 Å². The van der Waals surface area contributed by atoms with Crippen molar-refractivity contribution in [3.8, 4) is 23.3 Å². The van der Waals surface area contributed by atoms with Crippen molar-refractivity contribution >= 4 is 21.4 Å². The molecule has 0 fully saturated rings. The van der Waals surface area contributed by atoms with E-state index in [1.807, 2.05) is 6.92 Å². The van der Waals surface area contributed by atoms with Gasteiger partial charge >= 0.3 is 0 Å². The number of nitriles is 1. The van der Waals surface area contributed by atoms with Crippen LogP contribution < -0.4 is 4.74 Å². The standard InChI is InChI=1S/C19H15ClN2O4S/c1-2-11-25-15-7-3-13(4-8-15)18-22-17(12-21)19(26-18)27(23,24)16-9-5-14(20)6-10-16/h3-10H,2,11H2,1H3. The number of nitrogens with zero attached hydrogens (tertiary/aromatic N) is 2. The molecule has 0 unspecified atom stereocenters. The maximum atomic E-state index is 12.8. The molecule has 1 heterocycles. The predicted octanol–water partition coefficient (Wildman–Crippen LogP) is 4.49. The largest absolute Gasteiger partial charge is 0.494 e. The van der Waals surface area contributed by atoms with Crippen LogP contribution in [0.25, 0.3) is 11.5 Å². The average molecular weight is 403 g/mol. The minimum atomic E-state index is -4.04. The number of rotatable bonds is 6. The second-order valence-electron chi connectivity index (χ2n) is 5.60.